The van der Waals surface area contributed by atoms with Crippen molar-refractivity contribution in [3.05, 3.63) is 108 Å². The largest absolute Gasteiger partial charge is 0.396 e. The van der Waals surface area contributed by atoms with Crippen molar-refractivity contribution in [3.63, 3.8) is 0 Å². The van der Waals surface area contributed by atoms with Crippen LogP contribution in [0.3, 0.4) is 0 Å². The van der Waals surface area contributed by atoms with Gasteiger partial charge in [0.15, 0.2) is 0 Å². The molecule has 0 radical (unpaired) electrons. The third kappa shape index (κ3) is 6.50. The van der Waals surface area contributed by atoms with E-state index in [1.54, 1.807) is 0 Å². The maximum Gasteiger partial charge on any atom is 0.112 e. The van der Waals surface area contributed by atoms with Gasteiger partial charge in [-0.2, -0.15) is 0 Å². The quantitative estimate of drug-likeness (QED) is 0.490. The zero-order chi connectivity index (χ0) is 22.9. The minimum absolute atomic E-state index is 0.0102. The summed E-state index contributed by atoms with van der Waals surface area (Å²) >= 11 is 0. The molecule has 3 N–H and O–H groups in total. The van der Waals surface area contributed by atoms with Crippen LogP contribution >= 0.6 is 0 Å². The molecule has 5 nitrogen and oxygen atoms in total. The molecule has 0 unspecified atom stereocenters. The Morgan fingerprint density at radius 3 is 1.42 bits per heavy atom. The van der Waals surface area contributed by atoms with E-state index in [4.69, 9.17) is 19.9 Å². The van der Waals surface area contributed by atoms with Gasteiger partial charge < -0.3 is 25.1 Å². The van der Waals surface area contributed by atoms with Crippen molar-refractivity contribution < 1.29 is 19.3 Å². The highest BCUT2D eigenvalue weighted by molar-refractivity contribution is 5.16. The molecule has 3 aromatic carbocycles. The SMILES string of the molecule is N[C@H]1C[C@H](CO)[C@H](OCc2ccccc2)[C@@H](OCc2ccccc2)[C@H]1OCc1ccccc1. The Kier molecular flexibility index (Phi) is 8.64. The summed E-state index contributed by atoms with van der Waals surface area (Å²) in [7, 11) is 0. The Hall–Kier alpha value is -2.54. The number of nitrogens with two attached hydrogens (primary N) is 1. The molecule has 33 heavy (non-hydrogen) atoms. The Morgan fingerprint density at radius 1 is 0.606 bits per heavy atom. The predicted octanol–water partition coefficient (Wildman–Crippen LogP) is 4.08. The molecule has 0 aromatic heterocycles. The van der Waals surface area contributed by atoms with Crippen molar-refractivity contribution in [1.82, 2.24) is 0 Å². The zero-order valence-corrected chi connectivity index (χ0v) is 18.8. The summed E-state index contributed by atoms with van der Waals surface area (Å²) in [6.45, 7) is 1.30. The van der Waals surface area contributed by atoms with Gasteiger partial charge in [0, 0.05) is 18.6 Å². The van der Waals surface area contributed by atoms with Crippen molar-refractivity contribution in [3.8, 4) is 0 Å². The normalized spacial score (nSPS) is 25.1. The maximum atomic E-state index is 10.1. The average Bonchev–Trinajstić information content (AvgIpc) is 2.87. The monoisotopic (exact) mass is 447 g/mol. The standard InChI is InChI=1S/C28H33NO4/c29-25-16-24(17-30)26(31-18-21-10-4-1-5-11-21)28(33-20-23-14-8-3-9-15-23)27(25)32-19-22-12-6-2-7-13-22/h1-15,24-28,30H,16-20,29H2/t24-,25+,26+,27+,28-/m1/s1. The van der Waals surface area contributed by atoms with Crippen LogP contribution in [0.4, 0.5) is 0 Å². The summed E-state index contributed by atoms with van der Waals surface area (Å²) in [6.07, 6.45) is -0.476. The first-order chi connectivity index (χ1) is 16.2. The van der Waals surface area contributed by atoms with Gasteiger partial charge >= 0.3 is 0 Å². The molecular formula is C28H33NO4. The first-order valence-corrected chi connectivity index (χ1v) is 11.6. The van der Waals surface area contributed by atoms with E-state index < -0.39 is 6.10 Å². The van der Waals surface area contributed by atoms with Gasteiger partial charge in [-0.3, -0.25) is 0 Å². The van der Waals surface area contributed by atoms with Crippen molar-refractivity contribution in [1.29, 1.82) is 0 Å². The van der Waals surface area contributed by atoms with E-state index in [0.29, 0.717) is 26.2 Å². The summed E-state index contributed by atoms with van der Waals surface area (Å²) in [5, 5.41) is 10.1. The minimum atomic E-state index is -0.404. The molecule has 1 fully saturated rings. The second kappa shape index (κ2) is 12.1. The van der Waals surface area contributed by atoms with Gasteiger partial charge in [0.25, 0.3) is 0 Å². The lowest BCUT2D eigenvalue weighted by Crippen LogP contribution is -2.60. The van der Waals surface area contributed by atoms with E-state index in [2.05, 4.69) is 0 Å². The molecular weight excluding hydrogens is 414 g/mol. The van der Waals surface area contributed by atoms with Crippen LogP contribution in [-0.2, 0) is 34.0 Å². The summed E-state index contributed by atoms with van der Waals surface area (Å²) in [5.41, 5.74) is 9.79. The molecule has 0 bridgehead atoms. The van der Waals surface area contributed by atoms with Crippen molar-refractivity contribution in [2.24, 2.45) is 11.7 Å². The summed E-state index contributed by atoms with van der Waals surface area (Å²) in [4.78, 5) is 0. The lowest BCUT2D eigenvalue weighted by atomic mass is 9.79. The van der Waals surface area contributed by atoms with Crippen LogP contribution in [0.1, 0.15) is 23.1 Å². The predicted molar refractivity (Wildman–Crippen MR) is 128 cm³/mol. The van der Waals surface area contributed by atoms with E-state index >= 15 is 0 Å². The second-order valence-electron chi connectivity index (χ2n) is 8.63. The van der Waals surface area contributed by atoms with Gasteiger partial charge in [-0.05, 0) is 23.1 Å². The molecule has 0 saturated heterocycles. The maximum absolute atomic E-state index is 10.1. The Balaban J connectivity index is 1.53. The van der Waals surface area contributed by atoms with Gasteiger partial charge in [-0.25, -0.2) is 0 Å². The summed E-state index contributed by atoms with van der Waals surface area (Å²) < 4.78 is 19.2. The van der Waals surface area contributed by atoms with Crippen LogP contribution in [0.15, 0.2) is 91.0 Å². The smallest absolute Gasteiger partial charge is 0.112 e. The molecule has 0 heterocycles. The molecule has 5 heteroatoms. The van der Waals surface area contributed by atoms with E-state index in [-0.39, 0.29) is 30.8 Å². The lowest BCUT2D eigenvalue weighted by molar-refractivity contribution is -0.197. The van der Waals surface area contributed by atoms with E-state index in [1.165, 1.54) is 0 Å². The molecule has 1 saturated carbocycles. The van der Waals surface area contributed by atoms with E-state index in [0.717, 1.165) is 16.7 Å². The number of aliphatic hydroxyl groups excluding tert-OH is 1. The van der Waals surface area contributed by atoms with Crippen molar-refractivity contribution >= 4 is 0 Å². The third-order valence-corrected chi connectivity index (χ3v) is 6.20. The van der Waals surface area contributed by atoms with Gasteiger partial charge in [0.1, 0.15) is 12.2 Å². The molecule has 174 valence electrons. The van der Waals surface area contributed by atoms with Crippen molar-refractivity contribution in [2.75, 3.05) is 6.61 Å². The number of ether oxygens (including phenoxy) is 3. The number of hydrogen-bond acceptors (Lipinski definition) is 5. The van der Waals surface area contributed by atoms with Crippen LogP contribution in [0.25, 0.3) is 0 Å². The van der Waals surface area contributed by atoms with E-state index in [9.17, 15) is 5.11 Å². The van der Waals surface area contributed by atoms with Crippen molar-refractivity contribution in [2.45, 2.75) is 50.6 Å². The third-order valence-electron chi connectivity index (χ3n) is 6.20. The first-order valence-electron chi connectivity index (χ1n) is 11.6. The van der Waals surface area contributed by atoms with Gasteiger partial charge in [-0.15, -0.1) is 0 Å². The highest BCUT2D eigenvalue weighted by Crippen LogP contribution is 2.32. The highest BCUT2D eigenvalue weighted by Gasteiger charge is 2.45. The molecule has 0 aliphatic heterocycles. The fourth-order valence-electron chi connectivity index (χ4n) is 4.43. The molecule has 0 spiro atoms. The molecule has 1 aliphatic rings. The Labute approximate surface area is 196 Å². The van der Waals surface area contributed by atoms with Crippen LogP contribution < -0.4 is 5.73 Å². The minimum Gasteiger partial charge on any atom is -0.396 e. The number of rotatable bonds is 10. The Bertz CT molecular complexity index is 938. The molecule has 5 atom stereocenters. The topological polar surface area (TPSA) is 73.9 Å². The fourth-order valence-corrected chi connectivity index (χ4v) is 4.43. The highest BCUT2D eigenvalue weighted by atomic mass is 16.6. The van der Waals surface area contributed by atoms with Crippen LogP contribution in [0.5, 0.6) is 0 Å². The number of benzene rings is 3. The fraction of sp³-hybridized carbons (Fsp3) is 0.357. The molecule has 0 amide bonds. The molecule has 1 aliphatic carbocycles. The number of aliphatic hydroxyl groups is 1. The van der Waals surface area contributed by atoms with Crippen LogP contribution in [-0.4, -0.2) is 36.1 Å². The zero-order valence-electron chi connectivity index (χ0n) is 18.8. The Morgan fingerprint density at radius 2 is 1.00 bits per heavy atom. The van der Waals surface area contributed by atoms with Crippen LogP contribution in [0, 0.1) is 5.92 Å². The van der Waals surface area contributed by atoms with Gasteiger partial charge in [0.05, 0.1) is 25.9 Å². The summed E-state index contributed by atoms with van der Waals surface area (Å²) in [6, 6.07) is 29.9. The average molecular weight is 448 g/mol. The molecule has 4 rings (SSSR count). The van der Waals surface area contributed by atoms with E-state index in [1.807, 2.05) is 91.0 Å². The first kappa shape index (κ1) is 23.6. The molecule has 3 aromatic rings. The van der Waals surface area contributed by atoms with Crippen LogP contribution in [0.2, 0.25) is 0 Å². The summed E-state index contributed by atoms with van der Waals surface area (Å²) in [5.74, 6) is -0.124. The van der Waals surface area contributed by atoms with Gasteiger partial charge in [-0.1, -0.05) is 91.0 Å². The number of hydrogen-bond donors (Lipinski definition) is 2. The second-order valence-corrected chi connectivity index (χ2v) is 8.63. The lowest BCUT2D eigenvalue weighted by Gasteiger charge is -2.45. The van der Waals surface area contributed by atoms with Gasteiger partial charge in [0.2, 0.25) is 0 Å².